The van der Waals surface area contributed by atoms with Crippen LogP contribution >= 0.6 is 11.3 Å². The molecule has 0 bridgehead atoms. The van der Waals surface area contributed by atoms with Gasteiger partial charge in [-0.05, 0) is 26.9 Å². The fraction of sp³-hybridized carbons (Fsp3) is 0.538. The number of fused-ring (bicyclic) bond motifs is 1. The minimum atomic E-state index is -0.919. The van der Waals surface area contributed by atoms with E-state index in [1.165, 1.54) is 11.3 Å². The van der Waals surface area contributed by atoms with Crippen LogP contribution in [-0.2, 0) is 0 Å². The zero-order valence-corrected chi connectivity index (χ0v) is 12.4. The first-order valence-corrected chi connectivity index (χ1v) is 7.56. The highest BCUT2D eigenvalue weighted by molar-refractivity contribution is 7.15. The molecule has 1 saturated heterocycles. The van der Waals surface area contributed by atoms with Crippen LogP contribution < -0.4 is 4.90 Å². The third-order valence-corrected chi connectivity index (χ3v) is 4.63. The number of nitrogens with zero attached hydrogens (tertiary/aromatic N) is 4. The Morgan fingerprint density at radius 1 is 1.55 bits per heavy atom. The molecule has 1 unspecified atom stereocenters. The second kappa shape index (κ2) is 5.06. The lowest BCUT2D eigenvalue weighted by molar-refractivity contribution is 0.0690. The number of rotatable bonds is 3. The summed E-state index contributed by atoms with van der Waals surface area (Å²) < 4.78 is 1.67. The molecule has 20 heavy (non-hydrogen) atoms. The Hall–Kier alpha value is -1.60. The van der Waals surface area contributed by atoms with Gasteiger partial charge in [-0.3, -0.25) is 4.40 Å². The molecule has 0 aromatic carbocycles. The molecule has 1 N–H and O–H groups in total. The molecular weight excluding hydrogens is 276 g/mol. The number of piperidine rings is 1. The number of imidazole rings is 1. The number of carboxylic acids is 1. The van der Waals surface area contributed by atoms with Crippen molar-refractivity contribution in [2.45, 2.75) is 18.9 Å². The van der Waals surface area contributed by atoms with Crippen molar-refractivity contribution < 1.29 is 9.90 Å². The predicted octanol–water partition coefficient (Wildman–Crippen LogP) is 1.62. The van der Waals surface area contributed by atoms with Gasteiger partial charge in [0.1, 0.15) is 0 Å². The first kappa shape index (κ1) is 13.4. The molecule has 1 atom stereocenters. The van der Waals surface area contributed by atoms with Gasteiger partial charge < -0.3 is 14.9 Å². The lowest BCUT2D eigenvalue weighted by Gasteiger charge is -2.36. The Bertz CT molecular complexity index is 633. The van der Waals surface area contributed by atoms with E-state index in [-0.39, 0.29) is 5.69 Å². The molecule has 6 nitrogen and oxygen atoms in total. The molecule has 0 spiro atoms. The standard InChI is InChI=1S/C13H18N4O2S/c1-15(2)9-4-3-5-16(8-9)11-10(12(18)19)17-6-7-20-13(17)14-11/h6-7,9H,3-5,8H2,1-2H3,(H,18,19). The van der Waals surface area contributed by atoms with Crippen molar-refractivity contribution in [1.29, 1.82) is 0 Å². The third kappa shape index (κ3) is 2.16. The maximum absolute atomic E-state index is 11.6. The van der Waals surface area contributed by atoms with Gasteiger partial charge in [0.15, 0.2) is 16.5 Å². The molecule has 1 aliphatic rings. The van der Waals surface area contributed by atoms with E-state index in [0.29, 0.717) is 11.9 Å². The second-order valence-corrected chi connectivity index (χ2v) is 6.22. The lowest BCUT2D eigenvalue weighted by atomic mass is 10.0. The van der Waals surface area contributed by atoms with Crippen LogP contribution in [0.1, 0.15) is 23.3 Å². The van der Waals surface area contributed by atoms with Gasteiger partial charge in [-0.2, -0.15) is 0 Å². The second-order valence-electron chi connectivity index (χ2n) is 5.35. The van der Waals surface area contributed by atoms with Crippen LogP contribution in [0.2, 0.25) is 0 Å². The van der Waals surface area contributed by atoms with Crippen LogP contribution in [0.15, 0.2) is 11.6 Å². The largest absolute Gasteiger partial charge is 0.476 e. The van der Waals surface area contributed by atoms with E-state index in [9.17, 15) is 9.90 Å². The summed E-state index contributed by atoms with van der Waals surface area (Å²) in [6, 6.07) is 0.449. The molecule has 0 amide bonds. The summed E-state index contributed by atoms with van der Waals surface area (Å²) in [5.41, 5.74) is 0.278. The van der Waals surface area contributed by atoms with Gasteiger partial charge in [0.2, 0.25) is 0 Å². The number of likely N-dealkylation sites (N-methyl/N-ethyl adjacent to an activating group) is 1. The lowest BCUT2D eigenvalue weighted by Crippen LogP contribution is -2.45. The number of thiazole rings is 1. The maximum Gasteiger partial charge on any atom is 0.356 e. The van der Waals surface area contributed by atoms with Crippen molar-refractivity contribution in [2.75, 3.05) is 32.1 Å². The number of anilines is 1. The molecular formula is C13H18N4O2S. The van der Waals surface area contributed by atoms with Crippen LogP contribution in [0.25, 0.3) is 4.96 Å². The van der Waals surface area contributed by atoms with E-state index < -0.39 is 5.97 Å². The molecule has 7 heteroatoms. The Labute approximate surface area is 121 Å². The van der Waals surface area contributed by atoms with Gasteiger partial charge in [0, 0.05) is 30.7 Å². The maximum atomic E-state index is 11.6. The number of aromatic nitrogens is 2. The normalized spacial score (nSPS) is 19.9. The van der Waals surface area contributed by atoms with Gasteiger partial charge in [-0.25, -0.2) is 9.78 Å². The van der Waals surface area contributed by atoms with Gasteiger partial charge in [-0.1, -0.05) is 0 Å². The number of carbonyl (C=O) groups is 1. The van der Waals surface area contributed by atoms with Crippen LogP contribution in [0.4, 0.5) is 5.82 Å². The monoisotopic (exact) mass is 294 g/mol. The molecule has 0 aliphatic carbocycles. The summed E-state index contributed by atoms with van der Waals surface area (Å²) in [5.74, 6) is -0.311. The molecule has 2 aromatic rings. The fourth-order valence-corrected chi connectivity index (χ4v) is 3.47. The van der Waals surface area contributed by atoms with Gasteiger partial charge in [0.05, 0.1) is 0 Å². The predicted molar refractivity (Wildman–Crippen MR) is 79.0 cm³/mol. The summed E-state index contributed by atoms with van der Waals surface area (Å²) >= 11 is 1.46. The van der Waals surface area contributed by atoms with Crippen LogP contribution in [0, 0.1) is 0 Å². The molecule has 0 saturated carbocycles. The van der Waals surface area contributed by atoms with Crippen LogP contribution in [0.5, 0.6) is 0 Å². The Kier molecular flexibility index (Phi) is 3.39. The van der Waals surface area contributed by atoms with Gasteiger partial charge >= 0.3 is 5.97 Å². The average molecular weight is 294 g/mol. The molecule has 3 rings (SSSR count). The van der Waals surface area contributed by atoms with E-state index >= 15 is 0 Å². The quantitative estimate of drug-likeness (QED) is 0.932. The zero-order chi connectivity index (χ0) is 14.3. The molecule has 2 aromatic heterocycles. The number of hydrogen-bond acceptors (Lipinski definition) is 5. The van der Waals surface area contributed by atoms with Crippen molar-refractivity contribution >= 4 is 28.1 Å². The van der Waals surface area contributed by atoms with Crippen LogP contribution in [-0.4, -0.2) is 58.6 Å². The average Bonchev–Trinajstić information content (AvgIpc) is 2.97. The van der Waals surface area contributed by atoms with E-state index in [1.54, 1.807) is 10.6 Å². The first-order chi connectivity index (χ1) is 9.58. The molecule has 3 heterocycles. The van der Waals surface area contributed by atoms with Crippen molar-refractivity contribution in [3.8, 4) is 0 Å². The Balaban J connectivity index is 1.98. The number of aromatic carboxylic acids is 1. The smallest absolute Gasteiger partial charge is 0.356 e. The molecule has 1 fully saturated rings. The minimum absolute atomic E-state index is 0.278. The summed E-state index contributed by atoms with van der Waals surface area (Å²) in [5, 5.41) is 11.3. The summed E-state index contributed by atoms with van der Waals surface area (Å²) in [7, 11) is 4.13. The number of carboxylic acid groups (broad SMARTS) is 1. The highest BCUT2D eigenvalue weighted by Crippen LogP contribution is 2.27. The van der Waals surface area contributed by atoms with Crippen LogP contribution in [0.3, 0.4) is 0 Å². The van der Waals surface area contributed by atoms with E-state index in [2.05, 4.69) is 28.9 Å². The molecule has 0 radical (unpaired) electrons. The highest BCUT2D eigenvalue weighted by Gasteiger charge is 2.28. The Morgan fingerprint density at radius 2 is 2.35 bits per heavy atom. The highest BCUT2D eigenvalue weighted by atomic mass is 32.1. The summed E-state index contributed by atoms with van der Waals surface area (Å²) in [6.07, 6.45) is 3.98. The SMILES string of the molecule is CN(C)C1CCCN(c2nc3sccn3c2C(=O)O)C1. The summed E-state index contributed by atoms with van der Waals surface area (Å²) in [6.45, 7) is 1.70. The van der Waals surface area contributed by atoms with Crippen molar-refractivity contribution in [3.63, 3.8) is 0 Å². The Morgan fingerprint density at radius 3 is 3.05 bits per heavy atom. The van der Waals surface area contributed by atoms with E-state index in [0.717, 1.165) is 30.9 Å². The minimum Gasteiger partial charge on any atom is -0.476 e. The topological polar surface area (TPSA) is 61.1 Å². The van der Waals surface area contributed by atoms with Crippen molar-refractivity contribution in [3.05, 3.63) is 17.3 Å². The summed E-state index contributed by atoms with van der Waals surface area (Å²) in [4.78, 5) is 21.1. The van der Waals surface area contributed by atoms with Gasteiger partial charge in [0.25, 0.3) is 0 Å². The number of hydrogen-bond donors (Lipinski definition) is 1. The molecule has 1 aliphatic heterocycles. The van der Waals surface area contributed by atoms with E-state index in [4.69, 9.17) is 0 Å². The van der Waals surface area contributed by atoms with E-state index in [1.807, 2.05) is 5.38 Å². The third-order valence-electron chi connectivity index (χ3n) is 3.87. The van der Waals surface area contributed by atoms with Crippen molar-refractivity contribution in [1.82, 2.24) is 14.3 Å². The zero-order valence-electron chi connectivity index (χ0n) is 11.6. The van der Waals surface area contributed by atoms with Crippen molar-refractivity contribution in [2.24, 2.45) is 0 Å². The first-order valence-electron chi connectivity index (χ1n) is 6.68. The fourth-order valence-electron chi connectivity index (χ4n) is 2.76. The molecule has 108 valence electrons. The van der Waals surface area contributed by atoms with Gasteiger partial charge in [-0.15, -0.1) is 11.3 Å².